The van der Waals surface area contributed by atoms with Crippen molar-refractivity contribution >= 4 is 23.5 Å². The van der Waals surface area contributed by atoms with Crippen LogP contribution in [0.2, 0.25) is 0 Å². The molecule has 0 aromatic rings. The molecule has 0 fully saturated rings. The summed E-state index contributed by atoms with van der Waals surface area (Å²) in [6, 6.07) is -0.564. The fourth-order valence-electron chi connectivity index (χ4n) is 2.70. The van der Waals surface area contributed by atoms with Crippen LogP contribution in [0.1, 0.15) is 40.5 Å². The molecule has 118 valence electrons. The highest BCUT2D eigenvalue weighted by molar-refractivity contribution is 6.69. The Hall–Kier alpha value is -2.24. The molecular weight excluding hydrogens is 280 g/mol. The van der Waals surface area contributed by atoms with Crippen molar-refractivity contribution in [1.29, 1.82) is 0 Å². The van der Waals surface area contributed by atoms with Gasteiger partial charge in [0.25, 0.3) is 5.91 Å². The van der Waals surface area contributed by atoms with Crippen LogP contribution in [0.4, 0.5) is 4.79 Å². The molecule has 1 aliphatic carbocycles. The van der Waals surface area contributed by atoms with Crippen molar-refractivity contribution in [2.24, 2.45) is 9.98 Å². The number of aliphatic imine (C=N–C) groups is 2. The smallest absolute Gasteiger partial charge is 0.349 e. The molecule has 22 heavy (non-hydrogen) atoms. The first-order chi connectivity index (χ1) is 10.5. The molecule has 6 nitrogen and oxygen atoms in total. The predicted octanol–water partition coefficient (Wildman–Crippen LogP) is 2.43. The molecule has 0 spiro atoms. The van der Waals surface area contributed by atoms with Gasteiger partial charge in [0.1, 0.15) is 0 Å². The summed E-state index contributed by atoms with van der Waals surface area (Å²) >= 11 is 0. The highest BCUT2D eigenvalue weighted by Crippen LogP contribution is 2.30. The van der Waals surface area contributed by atoms with Crippen LogP contribution in [0.5, 0.6) is 0 Å². The molecule has 3 rings (SSSR count). The monoisotopic (exact) mass is 302 g/mol. The van der Waals surface area contributed by atoms with Crippen LogP contribution in [0.3, 0.4) is 0 Å². The highest BCUT2D eigenvalue weighted by Gasteiger charge is 2.37. The molecule has 3 amide bonds. The number of fused-ring (bicyclic) bond motifs is 2. The summed E-state index contributed by atoms with van der Waals surface area (Å²) in [5.74, 6) is -0.105. The molecule has 0 radical (unpaired) electrons. The number of urea groups is 1. The zero-order valence-electron chi connectivity index (χ0n) is 13.7. The van der Waals surface area contributed by atoms with Gasteiger partial charge >= 0.3 is 6.03 Å². The third kappa shape index (κ3) is 2.73. The van der Waals surface area contributed by atoms with E-state index in [0.29, 0.717) is 5.84 Å². The van der Waals surface area contributed by atoms with E-state index in [9.17, 15) is 9.59 Å². The number of nitrogens with one attached hydrogen (secondary N) is 1. The molecule has 0 aromatic carbocycles. The second-order valence-corrected chi connectivity index (χ2v) is 5.35. The van der Waals surface area contributed by atoms with Crippen LogP contribution in [-0.4, -0.2) is 41.5 Å². The number of carbonyl (C=O) groups excluding carboxylic acids is 2. The molecule has 6 heteroatoms. The third-order valence-corrected chi connectivity index (χ3v) is 4.07. The summed E-state index contributed by atoms with van der Waals surface area (Å²) in [5, 5.41) is 2.17. The first-order valence-corrected chi connectivity index (χ1v) is 7.61. The lowest BCUT2D eigenvalue weighted by Crippen LogP contribution is -2.54. The van der Waals surface area contributed by atoms with E-state index in [2.05, 4.69) is 29.1 Å². The molecule has 3 aliphatic rings. The zero-order valence-corrected chi connectivity index (χ0v) is 13.7. The number of nitrogens with zero attached hydrogens (tertiary/aromatic N) is 3. The van der Waals surface area contributed by atoms with Crippen molar-refractivity contribution in [2.45, 2.75) is 46.6 Å². The molecule has 0 saturated heterocycles. The van der Waals surface area contributed by atoms with Crippen LogP contribution < -0.4 is 5.32 Å². The zero-order chi connectivity index (χ0) is 16.4. The summed E-state index contributed by atoms with van der Waals surface area (Å²) in [4.78, 5) is 33.5. The van der Waals surface area contributed by atoms with Gasteiger partial charge in [-0.3, -0.25) is 10.1 Å². The number of likely N-dealkylation sites (N-methyl/N-ethyl adjacent to an activating group) is 1. The molecule has 1 atom stereocenters. The summed E-state index contributed by atoms with van der Waals surface area (Å²) in [7, 11) is 1.86. The second kappa shape index (κ2) is 6.25. The van der Waals surface area contributed by atoms with Crippen molar-refractivity contribution in [2.75, 3.05) is 7.05 Å². The van der Waals surface area contributed by atoms with Gasteiger partial charge in [-0.05, 0) is 32.8 Å². The minimum absolute atomic E-state index is 0.0589. The van der Waals surface area contributed by atoms with Gasteiger partial charge < -0.3 is 4.90 Å². The number of amides is 3. The predicted molar refractivity (Wildman–Crippen MR) is 87.0 cm³/mol. The van der Waals surface area contributed by atoms with Crippen LogP contribution in [0.25, 0.3) is 0 Å². The number of carbonyl (C=O) groups is 2. The maximum absolute atomic E-state index is 11.9. The van der Waals surface area contributed by atoms with Crippen LogP contribution in [0.15, 0.2) is 32.9 Å². The van der Waals surface area contributed by atoms with E-state index in [1.807, 2.05) is 31.9 Å². The fourth-order valence-corrected chi connectivity index (χ4v) is 2.70. The fraction of sp³-hybridized carbons (Fsp3) is 0.500. The minimum atomic E-state index is -0.623. The van der Waals surface area contributed by atoms with Gasteiger partial charge in [-0.25, -0.2) is 9.79 Å². The van der Waals surface area contributed by atoms with Gasteiger partial charge in [0, 0.05) is 7.05 Å². The van der Waals surface area contributed by atoms with E-state index in [0.717, 1.165) is 18.5 Å². The molecule has 1 unspecified atom stereocenters. The summed E-state index contributed by atoms with van der Waals surface area (Å²) in [6.07, 6.45) is 3.90. The molecule has 2 heterocycles. The lowest BCUT2D eigenvalue weighted by atomic mass is 10.0. The summed E-state index contributed by atoms with van der Waals surface area (Å²) in [5.41, 5.74) is 3.60. The van der Waals surface area contributed by atoms with Gasteiger partial charge in [0.05, 0.1) is 11.7 Å². The Morgan fingerprint density at radius 1 is 1.23 bits per heavy atom. The maximum atomic E-state index is 11.9. The molecule has 0 aromatic heterocycles. The summed E-state index contributed by atoms with van der Waals surface area (Å²) in [6.45, 7) is 8.16. The Balaban J connectivity index is 0.000000847. The number of allylic oxidation sites excluding steroid dienone is 3. The normalized spacial score (nSPS) is 24.0. The van der Waals surface area contributed by atoms with Crippen LogP contribution in [-0.2, 0) is 4.79 Å². The van der Waals surface area contributed by atoms with Crippen molar-refractivity contribution in [3.63, 3.8) is 0 Å². The van der Waals surface area contributed by atoms with Gasteiger partial charge in [-0.15, -0.1) is 0 Å². The number of hydrogen-bond donors (Lipinski definition) is 1. The van der Waals surface area contributed by atoms with Crippen molar-refractivity contribution in [1.82, 2.24) is 10.2 Å². The Bertz CT molecular complexity index is 641. The average molecular weight is 302 g/mol. The lowest BCUT2D eigenvalue weighted by molar-refractivity contribution is -0.113. The molecule has 0 saturated carbocycles. The van der Waals surface area contributed by atoms with Gasteiger partial charge in [0.2, 0.25) is 0 Å². The second-order valence-electron chi connectivity index (χ2n) is 5.35. The molecule has 0 bridgehead atoms. The number of amidine groups is 1. The summed E-state index contributed by atoms with van der Waals surface area (Å²) < 4.78 is 0. The average Bonchev–Trinajstić information content (AvgIpc) is 2.63. The maximum Gasteiger partial charge on any atom is 0.349 e. The van der Waals surface area contributed by atoms with E-state index in [1.165, 1.54) is 11.1 Å². The Morgan fingerprint density at radius 2 is 1.91 bits per heavy atom. The Labute approximate surface area is 130 Å². The van der Waals surface area contributed by atoms with Crippen molar-refractivity contribution < 1.29 is 9.59 Å². The topological polar surface area (TPSA) is 74.1 Å². The minimum Gasteiger partial charge on any atom is -0.349 e. The van der Waals surface area contributed by atoms with Crippen LogP contribution in [0, 0.1) is 0 Å². The van der Waals surface area contributed by atoms with Crippen molar-refractivity contribution in [3.05, 3.63) is 22.9 Å². The quantitative estimate of drug-likeness (QED) is 0.747. The highest BCUT2D eigenvalue weighted by atomic mass is 16.2. The Kier molecular flexibility index (Phi) is 4.59. The van der Waals surface area contributed by atoms with E-state index >= 15 is 0 Å². The first-order valence-electron chi connectivity index (χ1n) is 7.61. The van der Waals surface area contributed by atoms with Crippen molar-refractivity contribution in [3.8, 4) is 0 Å². The number of hydrogen-bond acceptors (Lipinski definition) is 4. The van der Waals surface area contributed by atoms with E-state index < -0.39 is 11.9 Å². The molecule has 1 N–H and O–H groups in total. The number of rotatable bonds is 0. The van der Waals surface area contributed by atoms with Gasteiger partial charge in [-0.2, -0.15) is 4.99 Å². The van der Waals surface area contributed by atoms with E-state index in [4.69, 9.17) is 0 Å². The standard InChI is InChI=1S/C14H16N4O2.C2H6/c1-7-4-5-10-9(6-8(7)2)15-11-12(18(10)3)16-14(20)17-13(11)19;1-2/h6,10H,4-5H2,1-3H3,(H,17,19,20);1-2H3. The Morgan fingerprint density at radius 3 is 2.59 bits per heavy atom. The molecular formula is C16H22N4O2. The van der Waals surface area contributed by atoms with E-state index in [1.54, 1.807) is 0 Å². The lowest BCUT2D eigenvalue weighted by Gasteiger charge is -2.35. The number of imide groups is 1. The van der Waals surface area contributed by atoms with E-state index in [-0.39, 0.29) is 11.8 Å². The van der Waals surface area contributed by atoms with Gasteiger partial charge in [-0.1, -0.05) is 25.0 Å². The SMILES string of the molecule is CC.CC1=C(C)CCC2C(=C1)N=C1C(=O)NC(=O)N=C1N2C. The molecule has 2 aliphatic heterocycles. The van der Waals surface area contributed by atoms with Crippen LogP contribution >= 0.6 is 0 Å². The largest absolute Gasteiger partial charge is 0.349 e. The third-order valence-electron chi connectivity index (χ3n) is 4.07. The van der Waals surface area contributed by atoms with Gasteiger partial charge in [0.15, 0.2) is 11.5 Å². The first kappa shape index (κ1) is 16.1.